The average Bonchev–Trinajstić information content (AvgIpc) is 3.53. The predicted molar refractivity (Wildman–Crippen MR) is 105 cm³/mol. The Morgan fingerprint density at radius 1 is 1.11 bits per heavy atom. The van der Waals surface area contributed by atoms with Gasteiger partial charge in [0.2, 0.25) is 5.91 Å². The normalized spacial score (nSPS) is 16.8. The van der Waals surface area contributed by atoms with Gasteiger partial charge < -0.3 is 14.8 Å². The quantitative estimate of drug-likeness (QED) is 0.812. The van der Waals surface area contributed by atoms with Crippen molar-refractivity contribution < 1.29 is 14.3 Å². The minimum Gasteiger partial charge on any atom is -0.486 e. The van der Waals surface area contributed by atoms with Crippen LogP contribution in [0.15, 0.2) is 48.5 Å². The Hall–Kier alpha value is -2.53. The van der Waals surface area contributed by atoms with Crippen LogP contribution in [0.25, 0.3) is 0 Å². The maximum Gasteiger partial charge on any atom is 0.238 e. The monoisotopic (exact) mass is 366 g/mol. The lowest BCUT2D eigenvalue weighted by atomic mass is 10.1. The third kappa shape index (κ3) is 4.61. The molecule has 4 rings (SSSR count). The van der Waals surface area contributed by atoms with Crippen molar-refractivity contribution in [3.05, 3.63) is 54.1 Å². The van der Waals surface area contributed by atoms with Crippen LogP contribution in [0, 0.1) is 5.92 Å². The molecule has 0 spiro atoms. The Morgan fingerprint density at radius 2 is 1.85 bits per heavy atom. The van der Waals surface area contributed by atoms with Gasteiger partial charge in [-0.25, -0.2) is 0 Å². The summed E-state index contributed by atoms with van der Waals surface area (Å²) in [4.78, 5) is 15.0. The van der Waals surface area contributed by atoms with Gasteiger partial charge in [-0.2, -0.15) is 0 Å². The van der Waals surface area contributed by atoms with Gasteiger partial charge in [0.25, 0.3) is 0 Å². The van der Waals surface area contributed by atoms with E-state index in [-0.39, 0.29) is 5.91 Å². The maximum absolute atomic E-state index is 12.7. The lowest BCUT2D eigenvalue weighted by molar-refractivity contribution is -0.118. The summed E-state index contributed by atoms with van der Waals surface area (Å²) in [5.74, 6) is 2.12. The van der Waals surface area contributed by atoms with Gasteiger partial charge in [-0.05, 0) is 43.4 Å². The number of hydrogen-bond donors (Lipinski definition) is 1. The summed E-state index contributed by atoms with van der Waals surface area (Å²) in [5.41, 5.74) is 1.97. The van der Waals surface area contributed by atoms with E-state index >= 15 is 0 Å². The molecule has 2 aromatic rings. The minimum atomic E-state index is -0.00453. The molecule has 1 aliphatic heterocycles. The van der Waals surface area contributed by atoms with Gasteiger partial charge >= 0.3 is 0 Å². The second kappa shape index (κ2) is 8.01. The third-order valence-corrected chi connectivity index (χ3v) is 5.28. The van der Waals surface area contributed by atoms with Gasteiger partial charge in [-0.15, -0.1) is 0 Å². The van der Waals surface area contributed by atoms with Gasteiger partial charge in [0.05, 0.1) is 6.54 Å². The van der Waals surface area contributed by atoms with Crippen molar-refractivity contribution in [2.45, 2.75) is 32.4 Å². The van der Waals surface area contributed by atoms with E-state index < -0.39 is 0 Å². The number of nitrogens with zero attached hydrogens (tertiary/aromatic N) is 1. The van der Waals surface area contributed by atoms with Gasteiger partial charge in [0.1, 0.15) is 13.2 Å². The van der Waals surface area contributed by atoms with E-state index in [2.05, 4.69) is 29.3 Å². The van der Waals surface area contributed by atoms with E-state index in [1.807, 2.05) is 36.4 Å². The number of ether oxygens (including phenoxy) is 2. The lowest BCUT2D eigenvalue weighted by Crippen LogP contribution is -2.40. The van der Waals surface area contributed by atoms with E-state index in [9.17, 15) is 4.79 Å². The number of benzene rings is 2. The number of carbonyl (C=O) groups excluding carboxylic acids is 1. The maximum atomic E-state index is 12.7. The largest absolute Gasteiger partial charge is 0.486 e. The van der Waals surface area contributed by atoms with Crippen molar-refractivity contribution in [1.29, 1.82) is 0 Å². The summed E-state index contributed by atoms with van der Waals surface area (Å²) in [6.45, 7) is 4.49. The molecule has 1 heterocycles. The number of hydrogen-bond acceptors (Lipinski definition) is 4. The second-order valence-corrected chi connectivity index (χ2v) is 7.38. The molecule has 1 unspecified atom stereocenters. The van der Waals surface area contributed by atoms with Crippen molar-refractivity contribution in [3.8, 4) is 11.5 Å². The van der Waals surface area contributed by atoms with Crippen LogP contribution >= 0.6 is 0 Å². The molecule has 0 bridgehead atoms. The van der Waals surface area contributed by atoms with Gasteiger partial charge in [0.15, 0.2) is 11.5 Å². The topological polar surface area (TPSA) is 50.8 Å². The first-order chi connectivity index (χ1) is 13.2. The summed E-state index contributed by atoms with van der Waals surface area (Å²) in [5, 5.41) is 3.01. The van der Waals surface area contributed by atoms with E-state index in [0.29, 0.717) is 37.5 Å². The van der Waals surface area contributed by atoms with Gasteiger partial charge in [-0.1, -0.05) is 30.3 Å². The van der Waals surface area contributed by atoms with Crippen LogP contribution < -0.4 is 14.8 Å². The molecule has 1 saturated carbocycles. The number of amides is 1. The standard InChI is InChI=1S/C22H26N2O3/c1-16(18-7-8-18)24(14-17-5-3-2-4-6-17)15-22(25)23-19-9-10-20-21(13-19)27-12-11-26-20/h2-6,9-10,13,16,18H,7-8,11-12,14-15H2,1H3,(H,23,25). The molecule has 5 heteroatoms. The Morgan fingerprint density at radius 3 is 2.59 bits per heavy atom. The Kier molecular flexibility index (Phi) is 5.30. The highest BCUT2D eigenvalue weighted by Gasteiger charge is 2.32. The van der Waals surface area contributed by atoms with Crippen LogP contribution in [-0.2, 0) is 11.3 Å². The first kappa shape index (κ1) is 17.9. The molecule has 1 atom stereocenters. The molecule has 2 aromatic carbocycles. The number of rotatable bonds is 7. The highest BCUT2D eigenvalue weighted by Crippen LogP contribution is 2.36. The zero-order valence-electron chi connectivity index (χ0n) is 15.7. The van der Waals surface area contributed by atoms with Crippen LogP contribution in [0.2, 0.25) is 0 Å². The number of carbonyl (C=O) groups is 1. The molecule has 0 radical (unpaired) electrons. The predicted octanol–water partition coefficient (Wildman–Crippen LogP) is 3.70. The van der Waals surface area contributed by atoms with Gasteiger partial charge in [0, 0.05) is 24.3 Å². The van der Waals surface area contributed by atoms with E-state index in [1.54, 1.807) is 0 Å². The molecule has 27 heavy (non-hydrogen) atoms. The Balaban J connectivity index is 1.41. The fourth-order valence-electron chi connectivity index (χ4n) is 3.54. The van der Waals surface area contributed by atoms with Crippen LogP contribution in [0.5, 0.6) is 11.5 Å². The highest BCUT2D eigenvalue weighted by atomic mass is 16.6. The number of fused-ring (bicyclic) bond motifs is 1. The highest BCUT2D eigenvalue weighted by molar-refractivity contribution is 5.92. The van der Waals surface area contributed by atoms with Crippen molar-refractivity contribution in [1.82, 2.24) is 4.90 Å². The SMILES string of the molecule is CC(C1CC1)N(CC(=O)Nc1ccc2c(c1)OCCO2)Cc1ccccc1. The molecule has 1 N–H and O–H groups in total. The van der Waals surface area contributed by atoms with E-state index in [4.69, 9.17) is 9.47 Å². The molecule has 1 amide bonds. The zero-order chi connectivity index (χ0) is 18.6. The minimum absolute atomic E-state index is 0.00453. The van der Waals surface area contributed by atoms with Crippen LogP contribution in [0.1, 0.15) is 25.3 Å². The first-order valence-corrected chi connectivity index (χ1v) is 9.66. The average molecular weight is 366 g/mol. The van der Waals surface area contributed by atoms with E-state index in [1.165, 1.54) is 18.4 Å². The van der Waals surface area contributed by atoms with E-state index in [0.717, 1.165) is 18.0 Å². The lowest BCUT2D eigenvalue weighted by Gasteiger charge is -2.29. The van der Waals surface area contributed by atoms with Crippen molar-refractivity contribution in [2.75, 3.05) is 25.1 Å². The Bertz CT molecular complexity index is 789. The van der Waals surface area contributed by atoms with Crippen molar-refractivity contribution >= 4 is 11.6 Å². The Labute approximate surface area is 160 Å². The fraction of sp³-hybridized carbons (Fsp3) is 0.409. The number of nitrogens with one attached hydrogen (secondary N) is 1. The summed E-state index contributed by atoms with van der Waals surface area (Å²) in [6.07, 6.45) is 2.52. The molecular weight excluding hydrogens is 340 g/mol. The molecule has 2 aliphatic rings. The molecule has 5 nitrogen and oxygen atoms in total. The number of anilines is 1. The molecule has 0 aromatic heterocycles. The molecule has 1 fully saturated rings. The third-order valence-electron chi connectivity index (χ3n) is 5.28. The molecular formula is C22H26N2O3. The van der Waals surface area contributed by atoms with Crippen LogP contribution in [-0.4, -0.2) is 36.6 Å². The van der Waals surface area contributed by atoms with Gasteiger partial charge in [-0.3, -0.25) is 9.69 Å². The zero-order valence-corrected chi connectivity index (χ0v) is 15.7. The first-order valence-electron chi connectivity index (χ1n) is 9.66. The summed E-state index contributed by atoms with van der Waals surface area (Å²) < 4.78 is 11.1. The summed E-state index contributed by atoms with van der Waals surface area (Å²) in [6, 6.07) is 16.3. The second-order valence-electron chi connectivity index (χ2n) is 7.38. The molecule has 1 aliphatic carbocycles. The van der Waals surface area contributed by atoms with Crippen LogP contribution in [0.4, 0.5) is 5.69 Å². The van der Waals surface area contributed by atoms with Crippen molar-refractivity contribution in [2.24, 2.45) is 5.92 Å². The molecule has 0 saturated heterocycles. The van der Waals surface area contributed by atoms with Crippen molar-refractivity contribution in [3.63, 3.8) is 0 Å². The fourth-order valence-corrected chi connectivity index (χ4v) is 3.54. The summed E-state index contributed by atoms with van der Waals surface area (Å²) >= 11 is 0. The van der Waals surface area contributed by atoms with Crippen LogP contribution in [0.3, 0.4) is 0 Å². The molecule has 142 valence electrons. The summed E-state index contributed by atoms with van der Waals surface area (Å²) in [7, 11) is 0. The smallest absolute Gasteiger partial charge is 0.238 e.